The number of hydrogen-bond acceptors (Lipinski definition) is 23. The Labute approximate surface area is 560 Å². The number of fused-ring (bicyclic) bond motifs is 5. The first-order chi connectivity index (χ1) is 45.4. The number of nitrogens with one attached hydrogen (secondary N) is 2. The number of thiol groups is 2. The lowest BCUT2D eigenvalue weighted by Crippen LogP contribution is -2.70. The molecule has 2 aromatic rings. The van der Waals surface area contributed by atoms with E-state index in [9.17, 15) is 34.2 Å². The van der Waals surface area contributed by atoms with E-state index < -0.39 is 87.8 Å². The lowest BCUT2D eigenvalue weighted by atomic mass is 9.44. The SMILES string of the molecule is C[C@]12C=CC(=O)C=C1[C@@H](F)C[C@H]1C3CC[C@](O[C@@H](OS)c4ccc(Cc5cccc(NC(=O)CCOCCOCCOCCOCCOCCOCCOCCOCCOCCOCCOCCOCCNC(=O)C(S)CC(=O)O)c5)cc4)(C(=O)CO)[C@@]3(C)C[C@H](O)[C@@]12F. The van der Waals surface area contributed by atoms with E-state index in [4.69, 9.17) is 70.9 Å². The third kappa shape index (κ3) is 23.4. The summed E-state index contributed by atoms with van der Waals surface area (Å²) in [7, 11) is 0. The van der Waals surface area contributed by atoms with Gasteiger partial charge in [-0.1, -0.05) is 49.4 Å². The lowest BCUT2D eigenvalue weighted by molar-refractivity contribution is -0.253. The van der Waals surface area contributed by atoms with Crippen LogP contribution in [-0.2, 0) is 96.2 Å². The van der Waals surface area contributed by atoms with Gasteiger partial charge in [-0.05, 0) is 98.8 Å². The number of carbonyl (C=O) groups is 5. The van der Waals surface area contributed by atoms with Crippen LogP contribution in [0, 0.1) is 22.7 Å². The van der Waals surface area contributed by atoms with Gasteiger partial charge in [0.15, 0.2) is 23.5 Å². The molecule has 2 amide bonds. The number of carboxylic acids is 1. The molecule has 24 nitrogen and oxygen atoms in total. The molecule has 94 heavy (non-hydrogen) atoms. The number of anilines is 1. The van der Waals surface area contributed by atoms with Crippen LogP contribution >= 0.6 is 25.5 Å². The number of carboxylic acid groups (broad SMARTS) is 1. The molecule has 0 aliphatic heterocycles. The zero-order valence-electron chi connectivity index (χ0n) is 53.9. The van der Waals surface area contributed by atoms with Gasteiger partial charge in [0.1, 0.15) is 18.4 Å². The van der Waals surface area contributed by atoms with Gasteiger partial charge >= 0.3 is 5.97 Å². The van der Waals surface area contributed by atoms with Crippen LogP contribution in [0.1, 0.15) is 75.4 Å². The molecular formula is C66H96F2N2O22S2. The highest BCUT2D eigenvalue weighted by atomic mass is 32.1. The van der Waals surface area contributed by atoms with Crippen molar-refractivity contribution in [1.29, 1.82) is 0 Å². The standard InChI is InChI=1S/C66H96F2N2O22S2/c1-63-13-10-51(72)42-54(63)55(67)43-53-52-11-14-65(58(74)46-71,64(52,2)45-57(73)66(53,63)68)91-62(92-94)49-8-6-47(7-9-49)40-48-4-3-5-50(41-48)70-59(75)12-16-79-18-20-81-22-24-83-26-28-85-30-32-87-34-36-89-38-39-90-37-35-88-33-31-86-29-27-84-25-23-82-21-19-80-17-15-69-61(78)56(93)44-60(76)77/h3-10,13,41-42,52-53,55-57,62,71,73,93-94H,11-12,14-40,43-46H2,1-2H3,(H,69,78)(H,70,75)(H,76,77)/t52?,53-,55-,56?,57-,62-,63-,64-,65-,66-/m0/s1. The number of halogens is 2. The highest BCUT2D eigenvalue weighted by Gasteiger charge is 2.76. The molecule has 28 heteroatoms. The number of ketones is 2. The number of rotatable bonds is 51. The maximum absolute atomic E-state index is 17.8. The number of aliphatic carboxylic acids is 1. The van der Waals surface area contributed by atoms with Crippen LogP contribution in [0.25, 0.3) is 0 Å². The topological polar surface area (TPSA) is 299 Å². The molecule has 4 aliphatic carbocycles. The van der Waals surface area contributed by atoms with Crippen molar-refractivity contribution in [2.75, 3.05) is 177 Å². The van der Waals surface area contributed by atoms with Crippen molar-refractivity contribution >= 4 is 60.6 Å². The quantitative estimate of drug-likeness (QED) is 0.0194. The summed E-state index contributed by atoms with van der Waals surface area (Å²) < 4.78 is 112. The van der Waals surface area contributed by atoms with E-state index in [1.54, 1.807) is 25.1 Å². The maximum Gasteiger partial charge on any atom is 0.304 e. The van der Waals surface area contributed by atoms with Crippen LogP contribution in [0.4, 0.5) is 14.5 Å². The number of aliphatic hydroxyl groups excluding tert-OH is 2. The van der Waals surface area contributed by atoms with Crippen LogP contribution in [-0.4, -0.2) is 245 Å². The molecule has 528 valence electrons. The highest BCUT2D eigenvalue weighted by Crippen LogP contribution is 2.71. The van der Waals surface area contributed by atoms with Crippen molar-refractivity contribution in [3.63, 3.8) is 0 Å². The average molecular weight is 1370 g/mol. The number of benzene rings is 2. The fraction of sp³-hybridized carbons (Fsp3) is 0.682. The zero-order valence-corrected chi connectivity index (χ0v) is 55.7. The van der Waals surface area contributed by atoms with Gasteiger partial charge in [0.25, 0.3) is 0 Å². The number of amides is 2. The van der Waals surface area contributed by atoms with Crippen molar-refractivity contribution in [2.45, 2.75) is 93.9 Å². The Bertz CT molecular complexity index is 2690. The number of ether oxygens (including phenoxy) is 13. The van der Waals surface area contributed by atoms with Crippen molar-refractivity contribution in [2.24, 2.45) is 22.7 Å². The van der Waals surface area contributed by atoms with E-state index >= 15 is 8.78 Å². The third-order valence-electron chi connectivity index (χ3n) is 17.4. The van der Waals surface area contributed by atoms with E-state index in [1.165, 1.54) is 19.1 Å². The molecule has 4 aliphatic rings. The third-order valence-corrected chi connectivity index (χ3v) is 18.0. The summed E-state index contributed by atoms with van der Waals surface area (Å²) in [5.74, 6) is -4.53. The molecule has 2 aromatic carbocycles. The molecule has 0 saturated heterocycles. The van der Waals surface area contributed by atoms with E-state index in [0.717, 1.165) is 17.2 Å². The summed E-state index contributed by atoms with van der Waals surface area (Å²) in [6.45, 7) is 12.1. The van der Waals surface area contributed by atoms with Crippen LogP contribution in [0.5, 0.6) is 0 Å². The van der Waals surface area contributed by atoms with Crippen LogP contribution in [0.15, 0.2) is 72.3 Å². The Morgan fingerprint density at radius 1 is 0.681 bits per heavy atom. The van der Waals surface area contributed by atoms with Crippen LogP contribution in [0.3, 0.4) is 0 Å². The number of hydrogen-bond donors (Lipinski definition) is 7. The zero-order chi connectivity index (χ0) is 67.7. The maximum atomic E-state index is 17.8. The number of alkyl halides is 2. The molecule has 3 saturated carbocycles. The lowest BCUT2D eigenvalue weighted by Gasteiger charge is -2.63. The normalized spacial score (nSPS) is 24.5. The largest absolute Gasteiger partial charge is 0.481 e. The summed E-state index contributed by atoms with van der Waals surface area (Å²) in [5.41, 5.74) is -3.97. The van der Waals surface area contributed by atoms with Gasteiger partial charge in [-0.3, -0.25) is 28.2 Å². The van der Waals surface area contributed by atoms with Gasteiger partial charge in [0, 0.05) is 34.5 Å². The molecule has 6 rings (SSSR count). The second kappa shape index (κ2) is 41.8. The first-order valence-corrected chi connectivity index (χ1v) is 33.0. The highest BCUT2D eigenvalue weighted by molar-refractivity contribution is 7.81. The van der Waals surface area contributed by atoms with Crippen LogP contribution < -0.4 is 10.6 Å². The molecule has 2 unspecified atom stereocenters. The fourth-order valence-corrected chi connectivity index (χ4v) is 13.1. The second-order valence-corrected chi connectivity index (χ2v) is 24.4. The molecule has 3 fully saturated rings. The van der Waals surface area contributed by atoms with E-state index in [-0.39, 0.29) is 69.8 Å². The number of aliphatic hydroxyl groups is 2. The Hall–Kier alpha value is -4.41. The molecule has 0 radical (unpaired) electrons. The van der Waals surface area contributed by atoms with Gasteiger partial charge in [-0.15, -0.1) is 0 Å². The second-order valence-electron chi connectivity index (χ2n) is 23.5. The van der Waals surface area contributed by atoms with Crippen molar-refractivity contribution < 1.29 is 114 Å². The summed E-state index contributed by atoms with van der Waals surface area (Å²) >= 11 is 8.08. The van der Waals surface area contributed by atoms with Crippen molar-refractivity contribution in [1.82, 2.24) is 5.32 Å². The first-order valence-electron chi connectivity index (χ1n) is 32.1. The minimum absolute atomic E-state index is 0.00522. The minimum atomic E-state index is -2.34. The van der Waals surface area contributed by atoms with Gasteiger partial charge in [-0.2, -0.15) is 12.6 Å². The minimum Gasteiger partial charge on any atom is -0.481 e. The van der Waals surface area contributed by atoms with E-state index in [0.29, 0.717) is 163 Å². The van der Waals surface area contributed by atoms with E-state index in [1.807, 2.05) is 30.3 Å². The first kappa shape index (κ1) is 78.6. The molecule has 0 spiro atoms. The monoisotopic (exact) mass is 1370 g/mol. The van der Waals surface area contributed by atoms with E-state index in [2.05, 4.69) is 36.2 Å². The van der Waals surface area contributed by atoms with Gasteiger partial charge in [-0.25, -0.2) is 8.78 Å². The number of allylic oxidation sites excluding steroid dienone is 4. The van der Waals surface area contributed by atoms with Gasteiger partial charge < -0.3 is 87.5 Å². The molecule has 0 aromatic heterocycles. The summed E-state index contributed by atoms with van der Waals surface area (Å²) in [6, 6.07) is 14.7. The summed E-state index contributed by atoms with van der Waals surface area (Å²) in [5, 5.41) is 35.5. The van der Waals surface area contributed by atoms with Crippen LogP contribution in [0.2, 0.25) is 0 Å². The summed E-state index contributed by atoms with van der Waals surface area (Å²) in [4.78, 5) is 61.3. The summed E-state index contributed by atoms with van der Waals surface area (Å²) in [6.07, 6.45) is -0.731. The van der Waals surface area contributed by atoms with Gasteiger partial charge in [0.2, 0.25) is 11.8 Å². The van der Waals surface area contributed by atoms with Gasteiger partial charge in [0.05, 0.1) is 183 Å². The Morgan fingerprint density at radius 3 is 1.65 bits per heavy atom. The predicted molar refractivity (Wildman–Crippen MR) is 344 cm³/mol. The Balaban J connectivity index is 0.702. The Morgan fingerprint density at radius 2 is 1.17 bits per heavy atom. The molecule has 5 N–H and O–H groups in total. The molecular weight excluding hydrogens is 1270 g/mol. The molecule has 10 atom stereocenters. The molecule has 0 bridgehead atoms. The average Bonchev–Trinajstić information content (AvgIpc) is 1.31. The van der Waals surface area contributed by atoms with Crippen molar-refractivity contribution in [3.8, 4) is 0 Å². The fourth-order valence-electron chi connectivity index (χ4n) is 12.7. The predicted octanol–water partition coefficient (Wildman–Crippen LogP) is 5.19. The Kier molecular flexibility index (Phi) is 34.9. The smallest absolute Gasteiger partial charge is 0.304 e. The molecule has 0 heterocycles. The number of Topliss-reactive ketones (excluding diaryl/α,β-unsaturated/α-hetero) is 1. The van der Waals surface area contributed by atoms with Crippen molar-refractivity contribution in [3.05, 3.63) is 89.0 Å². The number of carbonyl (C=O) groups excluding carboxylic acids is 4.